The van der Waals surface area contributed by atoms with Gasteiger partial charge in [0, 0.05) is 17.8 Å². The lowest BCUT2D eigenvalue weighted by molar-refractivity contribution is 0.415. The highest BCUT2D eigenvalue weighted by molar-refractivity contribution is 5.49. The maximum absolute atomic E-state index is 10.0. The smallest absolute Gasteiger partial charge is 0.123 e. The third kappa shape index (κ3) is 3.19. The van der Waals surface area contributed by atoms with Crippen LogP contribution in [0.3, 0.4) is 0 Å². The molecule has 0 bridgehead atoms. The van der Waals surface area contributed by atoms with Crippen LogP contribution in [0.1, 0.15) is 16.7 Å². The molecule has 2 rings (SSSR count). The first-order valence-electron chi connectivity index (χ1n) is 6.27. The van der Waals surface area contributed by atoms with E-state index in [4.69, 9.17) is 4.74 Å². The summed E-state index contributed by atoms with van der Waals surface area (Å²) in [5.41, 5.74) is 3.97. The van der Waals surface area contributed by atoms with Crippen LogP contribution in [0.15, 0.2) is 36.4 Å². The second-order valence-corrected chi connectivity index (χ2v) is 4.67. The van der Waals surface area contributed by atoms with Crippen LogP contribution in [0.5, 0.6) is 11.5 Å². The average molecular weight is 257 g/mol. The molecule has 100 valence electrons. The second-order valence-electron chi connectivity index (χ2n) is 4.67. The van der Waals surface area contributed by atoms with Crippen molar-refractivity contribution in [3.05, 3.63) is 53.1 Å². The largest absolute Gasteiger partial charge is 0.507 e. The van der Waals surface area contributed by atoms with Gasteiger partial charge >= 0.3 is 0 Å². The lowest BCUT2D eigenvalue weighted by Gasteiger charge is -2.11. The van der Waals surface area contributed by atoms with E-state index in [1.54, 1.807) is 7.11 Å². The molecule has 0 saturated carbocycles. The summed E-state index contributed by atoms with van der Waals surface area (Å²) in [5.74, 6) is 1.20. The molecule has 3 nitrogen and oxygen atoms in total. The van der Waals surface area contributed by atoms with Gasteiger partial charge in [0.1, 0.15) is 11.5 Å². The fraction of sp³-hybridized carbons (Fsp3) is 0.250. The van der Waals surface area contributed by atoms with Gasteiger partial charge in [-0.3, -0.25) is 0 Å². The van der Waals surface area contributed by atoms with Gasteiger partial charge in [-0.1, -0.05) is 17.7 Å². The summed E-state index contributed by atoms with van der Waals surface area (Å²) in [6.07, 6.45) is 0. The molecule has 0 aromatic heterocycles. The maximum atomic E-state index is 10.0. The number of phenols is 1. The van der Waals surface area contributed by atoms with Gasteiger partial charge in [0.05, 0.1) is 7.11 Å². The van der Waals surface area contributed by atoms with E-state index in [2.05, 4.69) is 5.32 Å². The number of benzene rings is 2. The molecule has 19 heavy (non-hydrogen) atoms. The predicted molar refractivity (Wildman–Crippen MR) is 77.9 cm³/mol. The second kappa shape index (κ2) is 5.65. The van der Waals surface area contributed by atoms with Gasteiger partial charge in [0.15, 0.2) is 0 Å². The van der Waals surface area contributed by atoms with E-state index < -0.39 is 0 Å². The van der Waals surface area contributed by atoms with Crippen LogP contribution < -0.4 is 10.1 Å². The lowest BCUT2D eigenvalue weighted by Crippen LogP contribution is -2.01. The third-order valence-corrected chi connectivity index (χ3v) is 3.10. The first-order valence-corrected chi connectivity index (χ1v) is 6.27. The molecule has 2 aromatic carbocycles. The van der Waals surface area contributed by atoms with Crippen LogP contribution in [-0.4, -0.2) is 12.2 Å². The zero-order chi connectivity index (χ0) is 13.8. The molecule has 0 amide bonds. The van der Waals surface area contributed by atoms with E-state index in [9.17, 15) is 5.11 Å². The molecule has 0 aliphatic heterocycles. The molecule has 3 heteroatoms. The number of aromatic hydroxyl groups is 1. The number of anilines is 1. The summed E-state index contributed by atoms with van der Waals surface area (Å²) in [7, 11) is 1.65. The van der Waals surface area contributed by atoms with E-state index >= 15 is 0 Å². The number of hydrogen-bond acceptors (Lipinski definition) is 3. The van der Waals surface area contributed by atoms with Gasteiger partial charge in [-0.05, 0) is 43.7 Å². The molecule has 0 heterocycles. The van der Waals surface area contributed by atoms with Crippen molar-refractivity contribution in [3.63, 3.8) is 0 Å². The Labute approximate surface area is 113 Å². The summed E-state index contributed by atoms with van der Waals surface area (Å²) in [5, 5.41) is 13.3. The number of phenolic OH excluding ortho intramolecular Hbond substituents is 1. The molecule has 0 aliphatic rings. The van der Waals surface area contributed by atoms with E-state index in [0.717, 1.165) is 28.1 Å². The highest BCUT2D eigenvalue weighted by Gasteiger charge is 2.05. The average Bonchev–Trinajstić information content (AvgIpc) is 2.41. The van der Waals surface area contributed by atoms with Gasteiger partial charge in [-0.15, -0.1) is 0 Å². The Hall–Kier alpha value is -2.16. The zero-order valence-electron chi connectivity index (χ0n) is 11.5. The van der Waals surface area contributed by atoms with Crippen LogP contribution in [-0.2, 0) is 6.54 Å². The van der Waals surface area contributed by atoms with E-state index in [-0.39, 0.29) is 0 Å². The number of aryl methyl sites for hydroxylation is 2. The first kappa shape index (κ1) is 13.3. The third-order valence-electron chi connectivity index (χ3n) is 3.10. The Morgan fingerprint density at radius 3 is 2.42 bits per heavy atom. The minimum atomic E-state index is 0.367. The Balaban J connectivity index is 2.09. The van der Waals surface area contributed by atoms with E-state index in [0.29, 0.717) is 12.3 Å². The first-order chi connectivity index (χ1) is 9.10. The highest BCUT2D eigenvalue weighted by atomic mass is 16.5. The summed E-state index contributed by atoms with van der Waals surface area (Å²) >= 11 is 0. The molecule has 0 radical (unpaired) electrons. The summed E-state index contributed by atoms with van der Waals surface area (Å²) in [6.45, 7) is 4.54. The Kier molecular flexibility index (Phi) is 3.95. The van der Waals surface area contributed by atoms with E-state index in [1.807, 2.05) is 50.2 Å². The van der Waals surface area contributed by atoms with Gasteiger partial charge in [-0.25, -0.2) is 0 Å². The van der Waals surface area contributed by atoms with Gasteiger partial charge in [0.25, 0.3) is 0 Å². The molecule has 2 N–H and O–H groups in total. The molecule has 0 spiro atoms. The number of methoxy groups -OCH3 is 1. The van der Waals surface area contributed by atoms with Gasteiger partial charge in [-0.2, -0.15) is 0 Å². The molecular formula is C16H19NO2. The van der Waals surface area contributed by atoms with Crippen molar-refractivity contribution >= 4 is 5.69 Å². The molecule has 0 aliphatic carbocycles. The normalized spacial score (nSPS) is 10.3. The minimum Gasteiger partial charge on any atom is -0.507 e. The summed E-state index contributed by atoms with van der Waals surface area (Å²) in [4.78, 5) is 0. The molecule has 0 atom stereocenters. The van der Waals surface area contributed by atoms with Crippen LogP contribution in [0.4, 0.5) is 5.69 Å². The Morgan fingerprint density at radius 2 is 1.79 bits per heavy atom. The number of ether oxygens (including phenoxy) is 1. The fourth-order valence-corrected chi connectivity index (χ4v) is 2.09. The molecule has 2 aromatic rings. The monoisotopic (exact) mass is 257 g/mol. The van der Waals surface area contributed by atoms with Gasteiger partial charge in [0.2, 0.25) is 0 Å². The minimum absolute atomic E-state index is 0.367. The molecule has 0 saturated heterocycles. The molecular weight excluding hydrogens is 238 g/mol. The maximum Gasteiger partial charge on any atom is 0.123 e. The van der Waals surface area contributed by atoms with Crippen molar-refractivity contribution in [2.45, 2.75) is 20.4 Å². The summed E-state index contributed by atoms with van der Waals surface area (Å²) < 4.78 is 5.11. The fourth-order valence-electron chi connectivity index (χ4n) is 2.09. The van der Waals surface area contributed by atoms with Crippen molar-refractivity contribution in [2.24, 2.45) is 0 Å². The van der Waals surface area contributed by atoms with Crippen LogP contribution >= 0.6 is 0 Å². The Morgan fingerprint density at radius 1 is 1.11 bits per heavy atom. The zero-order valence-corrected chi connectivity index (χ0v) is 11.5. The van der Waals surface area contributed by atoms with Crippen molar-refractivity contribution in [2.75, 3.05) is 12.4 Å². The lowest BCUT2D eigenvalue weighted by atomic mass is 10.1. The quantitative estimate of drug-likeness (QED) is 0.878. The molecule has 0 unspecified atom stereocenters. The van der Waals surface area contributed by atoms with Crippen molar-refractivity contribution in [3.8, 4) is 11.5 Å². The van der Waals surface area contributed by atoms with Crippen molar-refractivity contribution < 1.29 is 9.84 Å². The summed E-state index contributed by atoms with van der Waals surface area (Å²) in [6, 6.07) is 11.7. The van der Waals surface area contributed by atoms with Crippen LogP contribution in [0.25, 0.3) is 0 Å². The number of rotatable bonds is 4. The highest BCUT2D eigenvalue weighted by Crippen LogP contribution is 2.25. The molecule has 0 fully saturated rings. The number of hydrogen-bond donors (Lipinski definition) is 2. The SMILES string of the molecule is COc1ccc(NCc2cc(C)cc(C)c2O)cc1. The van der Waals surface area contributed by atoms with E-state index in [1.165, 1.54) is 0 Å². The van der Waals surface area contributed by atoms with Gasteiger partial charge < -0.3 is 15.2 Å². The van der Waals surface area contributed by atoms with Crippen LogP contribution in [0, 0.1) is 13.8 Å². The number of nitrogens with one attached hydrogen (secondary N) is 1. The standard InChI is InChI=1S/C16H19NO2/c1-11-8-12(2)16(18)13(9-11)10-17-14-4-6-15(19-3)7-5-14/h4-9,17-18H,10H2,1-3H3. The predicted octanol–water partition coefficient (Wildman–Crippen LogP) is 3.63. The Bertz CT molecular complexity index is 562. The van der Waals surface area contributed by atoms with Crippen LogP contribution in [0.2, 0.25) is 0 Å². The van der Waals surface area contributed by atoms with Crippen molar-refractivity contribution in [1.82, 2.24) is 0 Å². The topological polar surface area (TPSA) is 41.5 Å². The van der Waals surface area contributed by atoms with Crippen molar-refractivity contribution in [1.29, 1.82) is 0 Å².